The lowest BCUT2D eigenvalue weighted by Crippen LogP contribution is -2.30. The molecule has 104 valence electrons. The Balaban J connectivity index is 1.81. The van der Waals surface area contributed by atoms with Crippen LogP contribution in [-0.4, -0.2) is 11.0 Å². The lowest BCUT2D eigenvalue weighted by Gasteiger charge is -2.23. The van der Waals surface area contributed by atoms with E-state index in [1.54, 1.807) is 23.5 Å². The summed E-state index contributed by atoms with van der Waals surface area (Å²) in [5, 5.41) is 15.0. The molecule has 0 saturated heterocycles. The van der Waals surface area contributed by atoms with Crippen molar-refractivity contribution >= 4 is 17.2 Å². The summed E-state index contributed by atoms with van der Waals surface area (Å²) >= 11 is 1.76. The van der Waals surface area contributed by atoms with Crippen molar-refractivity contribution in [2.24, 2.45) is 0 Å². The third kappa shape index (κ3) is 2.43. The van der Waals surface area contributed by atoms with E-state index in [1.165, 1.54) is 10.4 Å². The van der Waals surface area contributed by atoms with E-state index in [4.69, 9.17) is 0 Å². The first kappa shape index (κ1) is 13.2. The number of benzene rings is 1. The van der Waals surface area contributed by atoms with E-state index in [1.807, 2.05) is 13.0 Å². The molecule has 1 aromatic carbocycles. The molecular formula is C16H17NO2S. The first-order valence-corrected chi connectivity index (χ1v) is 7.70. The van der Waals surface area contributed by atoms with E-state index in [0.29, 0.717) is 5.56 Å². The van der Waals surface area contributed by atoms with Crippen LogP contribution in [0, 0.1) is 6.92 Å². The summed E-state index contributed by atoms with van der Waals surface area (Å²) in [5.74, 6) is -0.157. The minimum Gasteiger partial charge on any atom is -0.507 e. The number of nitrogens with one attached hydrogen (secondary N) is 1. The SMILES string of the molecule is Cc1ccc(C(=O)NC2CCCc3sccc32)c(O)c1. The molecule has 1 unspecified atom stereocenters. The van der Waals surface area contributed by atoms with E-state index >= 15 is 0 Å². The number of aryl methyl sites for hydroxylation is 2. The maximum absolute atomic E-state index is 12.3. The van der Waals surface area contributed by atoms with Crippen LogP contribution in [0.4, 0.5) is 0 Å². The fraction of sp³-hybridized carbons (Fsp3) is 0.312. The second kappa shape index (κ2) is 5.29. The Bertz CT molecular complexity index is 648. The molecule has 1 aliphatic rings. The maximum atomic E-state index is 12.3. The summed E-state index contributed by atoms with van der Waals surface area (Å²) in [5.41, 5.74) is 2.52. The highest BCUT2D eigenvalue weighted by Crippen LogP contribution is 2.33. The van der Waals surface area contributed by atoms with Gasteiger partial charge in [0.15, 0.2) is 0 Å². The highest BCUT2D eigenvalue weighted by molar-refractivity contribution is 7.10. The second-order valence-corrected chi connectivity index (χ2v) is 6.24. The van der Waals surface area contributed by atoms with Gasteiger partial charge in [-0.1, -0.05) is 6.07 Å². The Labute approximate surface area is 122 Å². The zero-order valence-electron chi connectivity index (χ0n) is 11.3. The minimum absolute atomic E-state index is 0.0452. The Hall–Kier alpha value is -1.81. The molecule has 1 aromatic heterocycles. The molecule has 1 aliphatic carbocycles. The molecule has 1 amide bonds. The maximum Gasteiger partial charge on any atom is 0.255 e. The largest absolute Gasteiger partial charge is 0.507 e. The van der Waals surface area contributed by atoms with Gasteiger partial charge in [-0.25, -0.2) is 0 Å². The van der Waals surface area contributed by atoms with Crippen molar-refractivity contribution in [2.45, 2.75) is 32.2 Å². The van der Waals surface area contributed by atoms with Crippen LogP contribution in [0.15, 0.2) is 29.6 Å². The summed E-state index contributed by atoms with van der Waals surface area (Å²) in [6.45, 7) is 1.89. The Morgan fingerprint density at radius 1 is 1.40 bits per heavy atom. The number of hydrogen-bond donors (Lipinski definition) is 2. The number of phenols is 1. The van der Waals surface area contributed by atoms with E-state index in [0.717, 1.165) is 24.8 Å². The molecule has 0 spiro atoms. The molecule has 20 heavy (non-hydrogen) atoms. The van der Waals surface area contributed by atoms with Crippen molar-refractivity contribution in [3.8, 4) is 5.75 Å². The number of phenolic OH excluding ortho intramolecular Hbond substituents is 1. The lowest BCUT2D eigenvalue weighted by atomic mass is 9.93. The van der Waals surface area contributed by atoms with Crippen molar-refractivity contribution in [1.29, 1.82) is 0 Å². The monoisotopic (exact) mass is 287 g/mol. The number of carbonyl (C=O) groups is 1. The molecule has 3 nitrogen and oxygen atoms in total. The zero-order valence-corrected chi connectivity index (χ0v) is 12.2. The Kier molecular flexibility index (Phi) is 3.49. The van der Waals surface area contributed by atoms with Gasteiger partial charge in [-0.3, -0.25) is 4.79 Å². The van der Waals surface area contributed by atoms with E-state index < -0.39 is 0 Å². The van der Waals surface area contributed by atoms with Gasteiger partial charge in [-0.05, 0) is 60.9 Å². The van der Waals surface area contributed by atoms with Crippen LogP contribution < -0.4 is 5.32 Å². The Morgan fingerprint density at radius 3 is 3.05 bits per heavy atom. The van der Waals surface area contributed by atoms with Gasteiger partial charge >= 0.3 is 0 Å². The fourth-order valence-corrected chi connectivity index (χ4v) is 3.69. The number of hydrogen-bond acceptors (Lipinski definition) is 3. The molecule has 0 aliphatic heterocycles. The highest BCUT2D eigenvalue weighted by atomic mass is 32.1. The molecule has 0 saturated carbocycles. The van der Waals surface area contributed by atoms with Gasteiger partial charge in [0.1, 0.15) is 5.75 Å². The van der Waals surface area contributed by atoms with Gasteiger partial charge in [0.25, 0.3) is 5.91 Å². The van der Waals surface area contributed by atoms with Crippen molar-refractivity contribution in [1.82, 2.24) is 5.32 Å². The summed E-state index contributed by atoms with van der Waals surface area (Å²) in [6, 6.07) is 7.30. The smallest absolute Gasteiger partial charge is 0.255 e. The summed E-state index contributed by atoms with van der Waals surface area (Å²) in [7, 11) is 0. The number of amides is 1. The van der Waals surface area contributed by atoms with Gasteiger partial charge in [0, 0.05) is 4.88 Å². The van der Waals surface area contributed by atoms with E-state index in [-0.39, 0.29) is 17.7 Å². The van der Waals surface area contributed by atoms with Gasteiger partial charge < -0.3 is 10.4 Å². The molecule has 1 heterocycles. The van der Waals surface area contributed by atoms with Crippen LogP contribution in [0.2, 0.25) is 0 Å². The summed E-state index contributed by atoms with van der Waals surface area (Å²) in [6.07, 6.45) is 3.16. The van der Waals surface area contributed by atoms with Crippen molar-refractivity contribution in [3.05, 3.63) is 51.2 Å². The third-order valence-electron chi connectivity index (χ3n) is 3.76. The van der Waals surface area contributed by atoms with Crippen molar-refractivity contribution in [2.75, 3.05) is 0 Å². The fourth-order valence-electron chi connectivity index (χ4n) is 2.71. The van der Waals surface area contributed by atoms with Gasteiger partial charge in [-0.2, -0.15) is 0 Å². The minimum atomic E-state index is -0.202. The molecule has 0 bridgehead atoms. The molecule has 0 radical (unpaired) electrons. The molecule has 4 heteroatoms. The van der Waals surface area contributed by atoms with Crippen LogP contribution in [0.5, 0.6) is 5.75 Å². The number of thiophene rings is 1. The first-order valence-electron chi connectivity index (χ1n) is 6.82. The predicted octanol–water partition coefficient (Wildman–Crippen LogP) is 3.57. The van der Waals surface area contributed by atoms with Crippen LogP contribution in [0.25, 0.3) is 0 Å². The molecule has 0 fully saturated rings. The third-order valence-corrected chi connectivity index (χ3v) is 4.75. The lowest BCUT2D eigenvalue weighted by molar-refractivity contribution is 0.0930. The molecule has 2 N–H and O–H groups in total. The highest BCUT2D eigenvalue weighted by Gasteiger charge is 2.23. The van der Waals surface area contributed by atoms with Crippen LogP contribution in [-0.2, 0) is 6.42 Å². The molecule has 1 atom stereocenters. The predicted molar refractivity (Wildman–Crippen MR) is 80.3 cm³/mol. The summed E-state index contributed by atoms with van der Waals surface area (Å²) < 4.78 is 0. The quantitative estimate of drug-likeness (QED) is 0.887. The average Bonchev–Trinajstić information content (AvgIpc) is 2.87. The van der Waals surface area contributed by atoms with Gasteiger partial charge in [0.2, 0.25) is 0 Å². The zero-order chi connectivity index (χ0) is 14.1. The van der Waals surface area contributed by atoms with Crippen LogP contribution in [0.3, 0.4) is 0 Å². The molecular weight excluding hydrogens is 270 g/mol. The van der Waals surface area contributed by atoms with E-state index in [9.17, 15) is 9.90 Å². The Morgan fingerprint density at radius 2 is 2.25 bits per heavy atom. The average molecular weight is 287 g/mol. The number of fused-ring (bicyclic) bond motifs is 1. The van der Waals surface area contributed by atoms with Crippen LogP contribution in [0.1, 0.15) is 45.2 Å². The van der Waals surface area contributed by atoms with Crippen molar-refractivity contribution in [3.63, 3.8) is 0 Å². The van der Waals surface area contributed by atoms with Crippen LogP contribution >= 0.6 is 11.3 Å². The van der Waals surface area contributed by atoms with Gasteiger partial charge in [-0.15, -0.1) is 11.3 Å². The number of aromatic hydroxyl groups is 1. The molecule has 3 rings (SSSR count). The topological polar surface area (TPSA) is 49.3 Å². The second-order valence-electron chi connectivity index (χ2n) is 5.24. The van der Waals surface area contributed by atoms with Gasteiger partial charge in [0.05, 0.1) is 11.6 Å². The van der Waals surface area contributed by atoms with Crippen molar-refractivity contribution < 1.29 is 9.90 Å². The molecule has 2 aromatic rings. The normalized spacial score (nSPS) is 17.6. The standard InChI is InChI=1S/C16H17NO2S/c1-10-5-6-12(14(18)9-10)16(19)17-13-3-2-4-15-11(13)7-8-20-15/h5-9,13,18H,2-4H2,1H3,(H,17,19). The first-order chi connectivity index (χ1) is 9.65. The van der Waals surface area contributed by atoms with E-state index in [2.05, 4.69) is 16.8 Å². The summed E-state index contributed by atoms with van der Waals surface area (Å²) in [4.78, 5) is 13.7. The number of carbonyl (C=O) groups excluding carboxylic acids is 1. The number of rotatable bonds is 2.